The smallest absolute Gasteiger partial charge is 0.341 e. The van der Waals surface area contributed by atoms with E-state index in [1.54, 1.807) is 0 Å². The van der Waals surface area contributed by atoms with Crippen molar-refractivity contribution >= 4 is 22.3 Å². The Bertz CT molecular complexity index is 287. The highest BCUT2D eigenvalue weighted by molar-refractivity contribution is 7.14. The van der Waals surface area contributed by atoms with Crippen LogP contribution in [0.2, 0.25) is 0 Å². The fourth-order valence-corrected chi connectivity index (χ4v) is 1.78. The molecule has 1 heterocycles. The second kappa shape index (κ2) is 4.28. The zero-order valence-corrected chi connectivity index (χ0v) is 8.61. The largest absolute Gasteiger partial charge is 0.462 e. The molecule has 0 radical (unpaired) electrons. The minimum absolute atomic E-state index is 0.307. The molecular formula is C9H13NO2S. The number of aryl methyl sites for hydroxylation is 1. The number of rotatable bonds is 3. The van der Waals surface area contributed by atoms with E-state index in [-0.39, 0.29) is 5.97 Å². The van der Waals surface area contributed by atoms with Gasteiger partial charge in [0.2, 0.25) is 0 Å². The Hall–Kier alpha value is -1.03. The summed E-state index contributed by atoms with van der Waals surface area (Å²) in [5, 5.41) is 2.40. The van der Waals surface area contributed by atoms with Gasteiger partial charge in [-0.2, -0.15) is 0 Å². The van der Waals surface area contributed by atoms with Crippen molar-refractivity contribution in [3.05, 3.63) is 16.5 Å². The standard InChI is InChI=1S/C9H13NO2S/c1-3-4-12-9(11)7-6(2)5-13-8(7)10/h5H,3-4,10H2,1-2H3. The van der Waals surface area contributed by atoms with E-state index in [2.05, 4.69) is 0 Å². The molecule has 0 aliphatic rings. The van der Waals surface area contributed by atoms with Crippen molar-refractivity contribution in [1.29, 1.82) is 0 Å². The van der Waals surface area contributed by atoms with Crippen LogP contribution in [0.15, 0.2) is 5.38 Å². The SMILES string of the molecule is CCCOC(=O)c1c(C)csc1N. The molecule has 13 heavy (non-hydrogen) atoms. The molecule has 1 rings (SSSR count). The maximum absolute atomic E-state index is 11.4. The lowest BCUT2D eigenvalue weighted by Crippen LogP contribution is -2.08. The zero-order valence-electron chi connectivity index (χ0n) is 7.79. The molecule has 0 aliphatic heterocycles. The Morgan fingerprint density at radius 3 is 2.85 bits per heavy atom. The third kappa shape index (κ3) is 2.21. The number of esters is 1. The first-order valence-electron chi connectivity index (χ1n) is 4.17. The third-order valence-electron chi connectivity index (χ3n) is 1.64. The Labute approximate surface area is 81.5 Å². The van der Waals surface area contributed by atoms with E-state index in [0.29, 0.717) is 17.2 Å². The van der Waals surface area contributed by atoms with Crippen molar-refractivity contribution in [2.45, 2.75) is 20.3 Å². The van der Waals surface area contributed by atoms with Gasteiger partial charge < -0.3 is 10.5 Å². The quantitative estimate of drug-likeness (QED) is 0.759. The van der Waals surface area contributed by atoms with Gasteiger partial charge in [-0.1, -0.05) is 6.92 Å². The summed E-state index contributed by atoms with van der Waals surface area (Å²) in [5.74, 6) is -0.307. The fraction of sp³-hybridized carbons (Fsp3) is 0.444. The summed E-state index contributed by atoms with van der Waals surface area (Å²) >= 11 is 1.37. The summed E-state index contributed by atoms with van der Waals surface area (Å²) < 4.78 is 4.98. The zero-order chi connectivity index (χ0) is 9.84. The van der Waals surface area contributed by atoms with E-state index in [1.165, 1.54) is 11.3 Å². The van der Waals surface area contributed by atoms with Crippen LogP contribution in [0.3, 0.4) is 0 Å². The van der Waals surface area contributed by atoms with Crippen LogP contribution >= 0.6 is 11.3 Å². The molecule has 0 unspecified atom stereocenters. The monoisotopic (exact) mass is 199 g/mol. The molecule has 0 aromatic carbocycles. The van der Waals surface area contributed by atoms with Crippen molar-refractivity contribution in [2.75, 3.05) is 12.3 Å². The van der Waals surface area contributed by atoms with Crippen LogP contribution in [0.1, 0.15) is 29.3 Å². The number of nitrogen functional groups attached to an aromatic ring is 1. The number of carbonyl (C=O) groups is 1. The molecule has 0 bridgehead atoms. The van der Waals surface area contributed by atoms with Crippen LogP contribution < -0.4 is 5.73 Å². The molecule has 0 atom stereocenters. The van der Waals surface area contributed by atoms with Crippen molar-refractivity contribution in [3.63, 3.8) is 0 Å². The van der Waals surface area contributed by atoms with Gasteiger partial charge in [0.25, 0.3) is 0 Å². The molecule has 2 N–H and O–H groups in total. The third-order valence-corrected chi connectivity index (χ3v) is 2.57. The molecule has 4 heteroatoms. The first-order chi connectivity index (χ1) is 6.16. The van der Waals surface area contributed by atoms with Gasteiger partial charge in [-0.3, -0.25) is 0 Å². The van der Waals surface area contributed by atoms with Gasteiger partial charge in [-0.25, -0.2) is 4.79 Å². The van der Waals surface area contributed by atoms with Crippen molar-refractivity contribution in [3.8, 4) is 0 Å². The molecule has 0 saturated carbocycles. The molecule has 0 spiro atoms. The molecule has 3 nitrogen and oxygen atoms in total. The molecular weight excluding hydrogens is 186 g/mol. The van der Waals surface area contributed by atoms with Crippen molar-refractivity contribution in [1.82, 2.24) is 0 Å². The number of hydrogen-bond acceptors (Lipinski definition) is 4. The van der Waals surface area contributed by atoms with Crippen LogP contribution in [-0.4, -0.2) is 12.6 Å². The number of carbonyl (C=O) groups excluding carboxylic acids is 1. The average molecular weight is 199 g/mol. The lowest BCUT2D eigenvalue weighted by atomic mass is 10.2. The second-order valence-corrected chi connectivity index (χ2v) is 3.71. The fourth-order valence-electron chi connectivity index (χ4n) is 0.993. The summed E-state index contributed by atoms with van der Waals surface area (Å²) in [7, 11) is 0. The summed E-state index contributed by atoms with van der Waals surface area (Å²) in [4.78, 5) is 11.4. The molecule has 1 aromatic rings. The van der Waals surface area contributed by atoms with Crippen LogP contribution in [-0.2, 0) is 4.74 Å². The van der Waals surface area contributed by atoms with Gasteiger partial charge in [0.05, 0.1) is 12.2 Å². The van der Waals surface area contributed by atoms with Crippen molar-refractivity contribution < 1.29 is 9.53 Å². The van der Waals surface area contributed by atoms with Gasteiger partial charge in [-0.15, -0.1) is 11.3 Å². The van der Waals surface area contributed by atoms with E-state index < -0.39 is 0 Å². The Morgan fingerprint density at radius 2 is 2.38 bits per heavy atom. The van der Waals surface area contributed by atoms with Crippen LogP contribution in [0, 0.1) is 6.92 Å². The number of anilines is 1. The molecule has 1 aromatic heterocycles. The van der Waals surface area contributed by atoms with Gasteiger partial charge in [0.1, 0.15) is 5.00 Å². The molecule has 0 saturated heterocycles. The van der Waals surface area contributed by atoms with Crippen molar-refractivity contribution in [2.24, 2.45) is 0 Å². The van der Waals surface area contributed by atoms with E-state index in [1.807, 2.05) is 19.2 Å². The molecule has 0 fully saturated rings. The number of ether oxygens (including phenoxy) is 1. The Balaban J connectivity index is 2.76. The first-order valence-corrected chi connectivity index (χ1v) is 5.05. The summed E-state index contributed by atoms with van der Waals surface area (Å²) in [6.07, 6.45) is 0.828. The minimum atomic E-state index is -0.307. The number of thiophene rings is 1. The average Bonchev–Trinajstić information content (AvgIpc) is 2.42. The summed E-state index contributed by atoms with van der Waals surface area (Å²) in [6.45, 7) is 4.26. The van der Waals surface area contributed by atoms with Gasteiger partial charge in [0.15, 0.2) is 0 Å². The molecule has 72 valence electrons. The number of nitrogens with two attached hydrogens (primary N) is 1. The van der Waals surface area contributed by atoms with E-state index >= 15 is 0 Å². The highest BCUT2D eigenvalue weighted by Gasteiger charge is 2.15. The molecule has 0 aliphatic carbocycles. The number of hydrogen-bond donors (Lipinski definition) is 1. The lowest BCUT2D eigenvalue weighted by Gasteiger charge is -2.02. The van der Waals surface area contributed by atoms with Crippen LogP contribution in [0.4, 0.5) is 5.00 Å². The highest BCUT2D eigenvalue weighted by atomic mass is 32.1. The van der Waals surface area contributed by atoms with Gasteiger partial charge in [0, 0.05) is 0 Å². The minimum Gasteiger partial charge on any atom is -0.462 e. The predicted octanol–water partition coefficient (Wildman–Crippen LogP) is 2.21. The van der Waals surface area contributed by atoms with E-state index in [4.69, 9.17) is 10.5 Å². The highest BCUT2D eigenvalue weighted by Crippen LogP contribution is 2.24. The van der Waals surface area contributed by atoms with E-state index in [0.717, 1.165) is 12.0 Å². The first kappa shape index (κ1) is 10.1. The van der Waals surface area contributed by atoms with E-state index in [9.17, 15) is 4.79 Å². The summed E-state index contributed by atoms with van der Waals surface area (Å²) in [5.41, 5.74) is 7.05. The Kier molecular flexibility index (Phi) is 3.31. The Morgan fingerprint density at radius 1 is 1.69 bits per heavy atom. The normalized spacial score (nSPS) is 10.0. The second-order valence-electron chi connectivity index (χ2n) is 2.79. The molecule has 0 amide bonds. The predicted molar refractivity (Wildman–Crippen MR) is 54.0 cm³/mol. The van der Waals surface area contributed by atoms with Crippen LogP contribution in [0.5, 0.6) is 0 Å². The van der Waals surface area contributed by atoms with Crippen LogP contribution in [0.25, 0.3) is 0 Å². The van der Waals surface area contributed by atoms with Gasteiger partial charge >= 0.3 is 5.97 Å². The maximum Gasteiger partial charge on any atom is 0.341 e. The lowest BCUT2D eigenvalue weighted by molar-refractivity contribution is 0.0506. The topological polar surface area (TPSA) is 52.3 Å². The van der Waals surface area contributed by atoms with Gasteiger partial charge in [-0.05, 0) is 24.3 Å². The summed E-state index contributed by atoms with van der Waals surface area (Å²) in [6, 6.07) is 0. The maximum atomic E-state index is 11.4.